The highest BCUT2D eigenvalue weighted by molar-refractivity contribution is 6.35. The number of fused-ring (bicyclic) bond motifs is 1. The van der Waals surface area contributed by atoms with Gasteiger partial charge in [0.15, 0.2) is 5.58 Å². The maximum Gasteiger partial charge on any atom is 0.248 e. The number of anilines is 1. The summed E-state index contributed by atoms with van der Waals surface area (Å²) >= 11 is 12.1. The summed E-state index contributed by atoms with van der Waals surface area (Å²) in [4.78, 5) is 17.1. The molecular formula is C28H20Cl2N2O3. The van der Waals surface area contributed by atoms with Crippen molar-refractivity contribution >= 4 is 52.0 Å². The Morgan fingerprint density at radius 3 is 2.57 bits per heavy atom. The number of halogens is 2. The van der Waals surface area contributed by atoms with Gasteiger partial charge in [0.05, 0.1) is 0 Å². The van der Waals surface area contributed by atoms with Crippen LogP contribution in [-0.2, 0) is 11.2 Å². The van der Waals surface area contributed by atoms with Crippen molar-refractivity contribution in [3.8, 4) is 22.8 Å². The molecule has 5 rings (SSSR count). The molecule has 3 aromatic carbocycles. The number of benzene rings is 3. The van der Waals surface area contributed by atoms with Crippen LogP contribution < -0.4 is 5.32 Å². The number of aryl methyl sites for hydroxylation is 1. The van der Waals surface area contributed by atoms with Gasteiger partial charge in [-0.1, -0.05) is 42.3 Å². The number of rotatable bonds is 6. The van der Waals surface area contributed by atoms with E-state index < -0.39 is 0 Å². The lowest BCUT2D eigenvalue weighted by molar-refractivity contribution is -0.111. The fourth-order valence-electron chi connectivity index (χ4n) is 3.68. The molecule has 2 heterocycles. The Kier molecular flexibility index (Phi) is 6.45. The number of carbonyl (C=O) groups excluding carboxylic acids is 1. The summed E-state index contributed by atoms with van der Waals surface area (Å²) in [5.41, 5.74) is 4.90. The van der Waals surface area contributed by atoms with Crippen molar-refractivity contribution in [1.82, 2.24) is 4.98 Å². The van der Waals surface area contributed by atoms with E-state index in [1.165, 1.54) is 11.6 Å². The number of nitrogens with zero attached hydrogens (tertiary/aromatic N) is 1. The zero-order valence-electron chi connectivity index (χ0n) is 18.7. The predicted molar refractivity (Wildman–Crippen MR) is 141 cm³/mol. The maximum absolute atomic E-state index is 12.5. The van der Waals surface area contributed by atoms with Gasteiger partial charge in [0.1, 0.15) is 17.0 Å². The van der Waals surface area contributed by atoms with Gasteiger partial charge in [-0.15, -0.1) is 0 Å². The van der Waals surface area contributed by atoms with Gasteiger partial charge in [0, 0.05) is 32.9 Å². The molecule has 0 spiro atoms. The van der Waals surface area contributed by atoms with Gasteiger partial charge in [-0.05, 0) is 78.7 Å². The number of hydrogen-bond acceptors (Lipinski definition) is 4. The highest BCUT2D eigenvalue weighted by Crippen LogP contribution is 2.29. The first-order chi connectivity index (χ1) is 17.0. The first kappa shape index (κ1) is 23.0. The van der Waals surface area contributed by atoms with E-state index in [-0.39, 0.29) is 5.91 Å². The molecule has 1 N–H and O–H groups in total. The van der Waals surface area contributed by atoms with Gasteiger partial charge in [-0.3, -0.25) is 4.79 Å². The molecule has 0 saturated carbocycles. The normalized spacial score (nSPS) is 11.4. The Morgan fingerprint density at radius 2 is 1.77 bits per heavy atom. The van der Waals surface area contributed by atoms with E-state index in [4.69, 9.17) is 32.0 Å². The maximum atomic E-state index is 12.5. The van der Waals surface area contributed by atoms with E-state index in [1.807, 2.05) is 36.4 Å². The molecule has 0 aliphatic rings. The Bertz CT molecular complexity index is 1550. The lowest BCUT2D eigenvalue weighted by Crippen LogP contribution is -2.07. The van der Waals surface area contributed by atoms with Gasteiger partial charge in [0.2, 0.25) is 11.8 Å². The first-order valence-corrected chi connectivity index (χ1v) is 11.8. The van der Waals surface area contributed by atoms with Crippen LogP contribution in [0.5, 0.6) is 0 Å². The van der Waals surface area contributed by atoms with Crippen LogP contribution in [-0.4, -0.2) is 10.9 Å². The second-order valence-electron chi connectivity index (χ2n) is 7.94. The number of oxazole rings is 1. The van der Waals surface area contributed by atoms with Crippen LogP contribution >= 0.6 is 23.2 Å². The highest BCUT2D eigenvalue weighted by Gasteiger charge is 2.10. The molecule has 0 aliphatic carbocycles. The zero-order chi connectivity index (χ0) is 24.4. The minimum atomic E-state index is -0.295. The lowest BCUT2D eigenvalue weighted by Gasteiger charge is -2.03. The molecule has 1 amide bonds. The Labute approximate surface area is 212 Å². The summed E-state index contributed by atoms with van der Waals surface area (Å²) < 4.78 is 11.7. The highest BCUT2D eigenvalue weighted by atomic mass is 35.5. The third-order valence-corrected chi connectivity index (χ3v) is 5.85. The summed E-state index contributed by atoms with van der Waals surface area (Å²) in [6, 6.07) is 22.1. The van der Waals surface area contributed by atoms with Crippen molar-refractivity contribution < 1.29 is 13.6 Å². The van der Waals surface area contributed by atoms with Crippen LogP contribution in [0.4, 0.5) is 5.69 Å². The summed E-state index contributed by atoms with van der Waals surface area (Å²) in [6.45, 7) is 2.10. The van der Waals surface area contributed by atoms with Crippen LogP contribution in [0.3, 0.4) is 0 Å². The summed E-state index contributed by atoms with van der Waals surface area (Å²) in [6.07, 6.45) is 3.94. The monoisotopic (exact) mass is 502 g/mol. The minimum Gasteiger partial charge on any atom is -0.457 e. The fourth-order valence-corrected chi connectivity index (χ4v) is 4.21. The second-order valence-corrected chi connectivity index (χ2v) is 8.81. The van der Waals surface area contributed by atoms with Crippen LogP contribution in [0.25, 0.3) is 40.0 Å². The summed E-state index contributed by atoms with van der Waals surface area (Å²) in [5, 5.41) is 3.90. The molecule has 0 fully saturated rings. The van der Waals surface area contributed by atoms with Crippen molar-refractivity contribution in [2.24, 2.45) is 0 Å². The van der Waals surface area contributed by atoms with E-state index in [9.17, 15) is 4.79 Å². The molecule has 7 heteroatoms. The molecule has 0 unspecified atom stereocenters. The Morgan fingerprint density at radius 1 is 0.943 bits per heavy atom. The van der Waals surface area contributed by atoms with Gasteiger partial charge in [0.25, 0.3) is 0 Å². The molecule has 5 nitrogen and oxygen atoms in total. The van der Waals surface area contributed by atoms with Gasteiger partial charge >= 0.3 is 0 Å². The number of carbonyl (C=O) groups is 1. The largest absolute Gasteiger partial charge is 0.457 e. The molecule has 0 aliphatic heterocycles. The number of furan rings is 1. The number of hydrogen-bond donors (Lipinski definition) is 1. The van der Waals surface area contributed by atoms with Crippen LogP contribution in [0, 0.1) is 0 Å². The average Bonchev–Trinajstić information content (AvgIpc) is 3.49. The molecule has 0 atom stereocenters. The molecular weight excluding hydrogens is 483 g/mol. The van der Waals surface area contributed by atoms with Crippen molar-refractivity contribution in [1.29, 1.82) is 0 Å². The van der Waals surface area contributed by atoms with Crippen molar-refractivity contribution in [3.05, 3.63) is 100 Å². The number of aromatic nitrogens is 1. The fraction of sp³-hybridized carbons (Fsp3) is 0.0714. The standard InChI is InChI=1S/C28H20Cl2N2O3/c1-2-17-6-9-26-24(12-17)32-28(35-26)18-4-3-5-22(15-18)31-27(33)11-8-23-7-10-25(34-23)19-13-20(29)16-21(30)14-19/h3-16H,2H2,1H3,(H,31,33)/b11-8+. The third kappa shape index (κ3) is 5.32. The van der Waals surface area contributed by atoms with E-state index in [0.717, 1.165) is 28.6 Å². The van der Waals surface area contributed by atoms with Gasteiger partial charge < -0.3 is 14.2 Å². The second kappa shape index (κ2) is 9.82. The van der Waals surface area contributed by atoms with Crippen LogP contribution in [0.2, 0.25) is 10.0 Å². The molecule has 2 aromatic heterocycles. The van der Waals surface area contributed by atoms with E-state index in [2.05, 4.69) is 17.2 Å². The van der Waals surface area contributed by atoms with E-state index in [1.54, 1.807) is 42.5 Å². The zero-order valence-corrected chi connectivity index (χ0v) is 20.2. The van der Waals surface area contributed by atoms with Gasteiger partial charge in [-0.25, -0.2) is 4.98 Å². The lowest BCUT2D eigenvalue weighted by atomic mass is 10.1. The molecule has 0 bridgehead atoms. The van der Waals surface area contributed by atoms with Gasteiger partial charge in [-0.2, -0.15) is 0 Å². The molecule has 0 saturated heterocycles. The predicted octanol–water partition coefficient (Wildman–Crippen LogP) is 8.28. The van der Waals surface area contributed by atoms with E-state index in [0.29, 0.717) is 33.1 Å². The Balaban J connectivity index is 1.28. The average molecular weight is 503 g/mol. The van der Waals surface area contributed by atoms with Crippen LogP contribution in [0.15, 0.2) is 87.7 Å². The summed E-state index contributed by atoms with van der Waals surface area (Å²) in [7, 11) is 0. The van der Waals surface area contributed by atoms with Crippen molar-refractivity contribution in [2.45, 2.75) is 13.3 Å². The molecule has 174 valence electrons. The molecule has 0 radical (unpaired) electrons. The number of amides is 1. The molecule has 35 heavy (non-hydrogen) atoms. The van der Waals surface area contributed by atoms with Crippen LogP contribution in [0.1, 0.15) is 18.2 Å². The van der Waals surface area contributed by atoms with E-state index >= 15 is 0 Å². The Hall–Kier alpha value is -3.80. The quantitative estimate of drug-likeness (QED) is 0.237. The van der Waals surface area contributed by atoms with Crippen molar-refractivity contribution in [2.75, 3.05) is 5.32 Å². The topological polar surface area (TPSA) is 68.3 Å². The minimum absolute atomic E-state index is 0.295. The SMILES string of the molecule is CCc1ccc2oc(-c3cccc(NC(=O)/C=C/c4ccc(-c5cc(Cl)cc(Cl)c5)o4)c3)nc2c1. The number of nitrogens with one attached hydrogen (secondary N) is 1. The summed E-state index contributed by atoms with van der Waals surface area (Å²) in [5.74, 6) is 1.34. The third-order valence-electron chi connectivity index (χ3n) is 5.41. The molecule has 5 aromatic rings. The first-order valence-electron chi connectivity index (χ1n) is 11.0. The van der Waals surface area contributed by atoms with Crippen molar-refractivity contribution in [3.63, 3.8) is 0 Å². The smallest absolute Gasteiger partial charge is 0.248 e.